The molecule has 0 saturated heterocycles. The van der Waals surface area contributed by atoms with Gasteiger partial charge in [0.15, 0.2) is 10.3 Å². The average Bonchev–Trinajstić information content (AvgIpc) is 2.99. The first-order chi connectivity index (χ1) is 9.61. The third-order valence-corrected chi connectivity index (χ3v) is 4.94. The molecule has 0 radical (unpaired) electrons. The summed E-state index contributed by atoms with van der Waals surface area (Å²) < 4.78 is 1.05. The highest BCUT2D eigenvalue weighted by atomic mass is 79.9. The van der Waals surface area contributed by atoms with Crippen molar-refractivity contribution in [1.29, 1.82) is 0 Å². The predicted octanol–water partition coefficient (Wildman–Crippen LogP) is 4.66. The van der Waals surface area contributed by atoms with Crippen LogP contribution in [-0.4, -0.2) is 9.97 Å². The summed E-state index contributed by atoms with van der Waals surface area (Å²) in [6.45, 7) is 1.95. The summed E-state index contributed by atoms with van der Waals surface area (Å²) in [5.41, 5.74) is 8.58. The van der Waals surface area contributed by atoms with Gasteiger partial charge >= 0.3 is 0 Å². The van der Waals surface area contributed by atoms with Crippen molar-refractivity contribution in [2.45, 2.75) is 6.92 Å². The van der Waals surface area contributed by atoms with Gasteiger partial charge in [0.25, 0.3) is 0 Å². The fourth-order valence-electron chi connectivity index (χ4n) is 1.75. The topological polar surface area (TPSA) is 63.8 Å². The van der Waals surface area contributed by atoms with E-state index in [4.69, 9.17) is 5.73 Å². The first-order valence-electron chi connectivity index (χ1n) is 5.83. The number of nitrogens with zero attached hydrogens (tertiary/aromatic N) is 2. The Balaban J connectivity index is 1.83. The summed E-state index contributed by atoms with van der Waals surface area (Å²) in [5.74, 6) is 0. The molecule has 0 fully saturated rings. The highest BCUT2D eigenvalue weighted by Crippen LogP contribution is 2.34. The molecule has 0 aliphatic rings. The molecular weight excluding hydrogens is 356 g/mol. The zero-order valence-corrected chi connectivity index (χ0v) is 13.8. The maximum atomic E-state index is 5.72. The number of aromatic nitrogens is 2. The highest BCUT2D eigenvalue weighted by Gasteiger charge is 2.11. The highest BCUT2D eigenvalue weighted by molar-refractivity contribution is 9.10. The second kappa shape index (κ2) is 5.51. The SMILES string of the molecule is Cc1nc(N)sc1-c1csc(Nc2ccc(Br)cc2)n1. The molecule has 0 aliphatic carbocycles. The van der Waals surface area contributed by atoms with Crippen LogP contribution in [0, 0.1) is 6.92 Å². The molecule has 4 nitrogen and oxygen atoms in total. The monoisotopic (exact) mass is 366 g/mol. The Morgan fingerprint density at radius 1 is 1.20 bits per heavy atom. The number of hydrogen-bond acceptors (Lipinski definition) is 6. The molecule has 3 rings (SSSR count). The Labute approximate surface area is 132 Å². The van der Waals surface area contributed by atoms with Gasteiger partial charge in [-0.1, -0.05) is 27.3 Å². The maximum absolute atomic E-state index is 5.72. The van der Waals surface area contributed by atoms with Crippen molar-refractivity contribution < 1.29 is 0 Å². The van der Waals surface area contributed by atoms with Gasteiger partial charge in [0.05, 0.1) is 16.3 Å². The lowest BCUT2D eigenvalue weighted by molar-refractivity contribution is 1.26. The second-order valence-corrected chi connectivity index (χ2v) is 6.94. The zero-order chi connectivity index (χ0) is 14.1. The number of nitrogen functional groups attached to an aromatic ring is 1. The van der Waals surface area contributed by atoms with Gasteiger partial charge in [-0.2, -0.15) is 0 Å². The smallest absolute Gasteiger partial charge is 0.187 e. The van der Waals surface area contributed by atoms with Crippen molar-refractivity contribution >= 4 is 54.6 Å². The molecule has 0 unspecified atom stereocenters. The molecular formula is C13H11BrN4S2. The zero-order valence-electron chi connectivity index (χ0n) is 10.6. The standard InChI is InChI=1S/C13H11BrN4S2/c1-7-11(20-12(15)16-7)10-6-19-13(18-10)17-9-4-2-8(14)3-5-9/h2-6H,1H3,(H2,15,16)(H,17,18). The number of benzene rings is 1. The van der Waals surface area contributed by atoms with E-state index in [1.807, 2.05) is 36.6 Å². The Bertz CT molecular complexity index is 733. The van der Waals surface area contributed by atoms with Crippen molar-refractivity contribution in [2.24, 2.45) is 0 Å². The Hall–Kier alpha value is -1.44. The van der Waals surface area contributed by atoms with E-state index >= 15 is 0 Å². The molecule has 3 N–H and O–H groups in total. The number of nitrogens with one attached hydrogen (secondary N) is 1. The van der Waals surface area contributed by atoms with E-state index in [0.717, 1.165) is 31.6 Å². The van der Waals surface area contributed by atoms with Gasteiger partial charge in [-0.3, -0.25) is 0 Å². The molecule has 2 heterocycles. The number of aryl methyl sites for hydroxylation is 1. The van der Waals surface area contributed by atoms with Crippen LogP contribution in [0.4, 0.5) is 16.0 Å². The van der Waals surface area contributed by atoms with Crippen LogP contribution in [0.15, 0.2) is 34.1 Å². The lowest BCUT2D eigenvalue weighted by atomic mass is 10.3. The van der Waals surface area contributed by atoms with E-state index in [1.54, 1.807) is 11.3 Å². The van der Waals surface area contributed by atoms with E-state index in [2.05, 4.69) is 31.2 Å². The minimum atomic E-state index is 0.577. The normalized spacial score (nSPS) is 10.7. The molecule has 0 saturated carbocycles. The van der Waals surface area contributed by atoms with Gasteiger partial charge in [-0.05, 0) is 31.2 Å². The Kier molecular flexibility index (Phi) is 3.73. The molecule has 3 aromatic rings. The third kappa shape index (κ3) is 2.84. The number of anilines is 3. The van der Waals surface area contributed by atoms with Crippen LogP contribution >= 0.6 is 38.6 Å². The summed E-state index contributed by atoms with van der Waals surface area (Å²) in [4.78, 5) is 9.84. The first kappa shape index (κ1) is 13.5. The third-order valence-electron chi connectivity index (χ3n) is 2.65. The largest absolute Gasteiger partial charge is 0.375 e. The second-order valence-electron chi connectivity index (χ2n) is 4.14. The van der Waals surface area contributed by atoms with E-state index in [0.29, 0.717) is 5.13 Å². The lowest BCUT2D eigenvalue weighted by Crippen LogP contribution is -1.89. The van der Waals surface area contributed by atoms with Crippen LogP contribution < -0.4 is 11.1 Å². The number of halogens is 1. The first-order valence-corrected chi connectivity index (χ1v) is 8.32. The van der Waals surface area contributed by atoms with Gasteiger partial charge in [0, 0.05) is 15.5 Å². The minimum absolute atomic E-state index is 0.577. The summed E-state index contributed by atoms with van der Waals surface area (Å²) in [7, 11) is 0. The quantitative estimate of drug-likeness (QED) is 0.707. The molecule has 0 amide bonds. The molecule has 102 valence electrons. The van der Waals surface area contributed by atoms with Crippen molar-refractivity contribution in [3.05, 3.63) is 39.8 Å². The molecule has 1 aromatic carbocycles. The molecule has 0 spiro atoms. The van der Waals surface area contributed by atoms with Gasteiger partial charge in [-0.25, -0.2) is 9.97 Å². The van der Waals surface area contributed by atoms with Crippen molar-refractivity contribution in [3.63, 3.8) is 0 Å². The predicted molar refractivity (Wildman–Crippen MR) is 89.8 cm³/mol. The number of thiazole rings is 2. The fraction of sp³-hybridized carbons (Fsp3) is 0.0769. The summed E-state index contributed by atoms with van der Waals surface area (Å²) >= 11 is 6.45. The summed E-state index contributed by atoms with van der Waals surface area (Å²) in [6, 6.07) is 7.98. The number of hydrogen-bond donors (Lipinski definition) is 2. The molecule has 7 heteroatoms. The van der Waals surface area contributed by atoms with Crippen LogP contribution in [0.25, 0.3) is 10.6 Å². The molecule has 2 aromatic heterocycles. The Morgan fingerprint density at radius 2 is 1.95 bits per heavy atom. The Morgan fingerprint density at radius 3 is 2.60 bits per heavy atom. The van der Waals surface area contributed by atoms with Crippen molar-refractivity contribution in [3.8, 4) is 10.6 Å². The van der Waals surface area contributed by atoms with E-state index in [9.17, 15) is 0 Å². The van der Waals surface area contributed by atoms with Crippen LogP contribution in [0.1, 0.15) is 5.69 Å². The number of rotatable bonds is 3. The lowest BCUT2D eigenvalue weighted by Gasteiger charge is -2.01. The van der Waals surface area contributed by atoms with Gasteiger partial charge in [-0.15, -0.1) is 11.3 Å². The van der Waals surface area contributed by atoms with Gasteiger partial charge in [0.1, 0.15) is 0 Å². The number of nitrogens with two attached hydrogens (primary N) is 1. The molecule has 0 bridgehead atoms. The average molecular weight is 367 g/mol. The van der Waals surface area contributed by atoms with Gasteiger partial charge in [0.2, 0.25) is 0 Å². The van der Waals surface area contributed by atoms with E-state index < -0.39 is 0 Å². The summed E-state index contributed by atoms with van der Waals surface area (Å²) in [5, 5.41) is 6.73. The van der Waals surface area contributed by atoms with Crippen LogP contribution in [0.5, 0.6) is 0 Å². The van der Waals surface area contributed by atoms with Crippen molar-refractivity contribution in [1.82, 2.24) is 9.97 Å². The molecule has 0 atom stereocenters. The van der Waals surface area contributed by atoms with Crippen LogP contribution in [-0.2, 0) is 0 Å². The van der Waals surface area contributed by atoms with Crippen LogP contribution in [0.2, 0.25) is 0 Å². The maximum Gasteiger partial charge on any atom is 0.187 e. The fourth-order valence-corrected chi connectivity index (χ4v) is 3.60. The molecule has 0 aliphatic heterocycles. The van der Waals surface area contributed by atoms with E-state index in [-0.39, 0.29) is 0 Å². The van der Waals surface area contributed by atoms with Gasteiger partial charge < -0.3 is 11.1 Å². The van der Waals surface area contributed by atoms with E-state index in [1.165, 1.54) is 11.3 Å². The van der Waals surface area contributed by atoms with Crippen molar-refractivity contribution in [2.75, 3.05) is 11.1 Å². The molecule has 20 heavy (non-hydrogen) atoms. The minimum Gasteiger partial charge on any atom is -0.375 e. The van der Waals surface area contributed by atoms with Crippen LogP contribution in [0.3, 0.4) is 0 Å². The summed E-state index contributed by atoms with van der Waals surface area (Å²) in [6.07, 6.45) is 0.